The second-order valence-corrected chi connectivity index (χ2v) is 10.6. The molecule has 3 atom stereocenters. The van der Waals surface area contributed by atoms with Gasteiger partial charge in [-0.3, -0.25) is 9.69 Å². The van der Waals surface area contributed by atoms with Gasteiger partial charge in [0.2, 0.25) is 5.91 Å². The molecular weight excluding hydrogens is 467 g/mol. The zero-order valence-electron chi connectivity index (χ0n) is 18.6. The molecule has 6 nitrogen and oxygen atoms in total. The highest BCUT2D eigenvalue weighted by atomic mass is 79.9. The number of amides is 2. The van der Waals surface area contributed by atoms with Gasteiger partial charge >= 0.3 is 6.09 Å². The van der Waals surface area contributed by atoms with Crippen LogP contribution in [-0.2, 0) is 14.3 Å². The van der Waals surface area contributed by atoms with Crippen LogP contribution in [0.15, 0.2) is 18.2 Å². The summed E-state index contributed by atoms with van der Waals surface area (Å²) in [4.78, 5) is 27.1. The van der Waals surface area contributed by atoms with Crippen LogP contribution in [-0.4, -0.2) is 48.3 Å². The smallest absolute Gasteiger partial charge is 0.411 e. The first-order valence-corrected chi connectivity index (χ1v) is 11.8. The third kappa shape index (κ3) is 6.65. The Morgan fingerprint density at radius 2 is 2.03 bits per heavy atom. The van der Waals surface area contributed by atoms with E-state index in [-0.39, 0.29) is 23.2 Å². The van der Waals surface area contributed by atoms with Crippen LogP contribution in [0.5, 0.6) is 0 Å². The first-order valence-electron chi connectivity index (χ1n) is 10.8. The molecule has 1 N–H and O–H groups in total. The van der Waals surface area contributed by atoms with Crippen molar-refractivity contribution in [3.63, 3.8) is 0 Å². The number of anilines is 1. The van der Waals surface area contributed by atoms with E-state index in [1.54, 1.807) is 40.0 Å². The predicted octanol–water partition coefficient (Wildman–Crippen LogP) is 5.41. The number of alkyl halides is 1. The number of carbonyl (C=O) groups is 2. The van der Waals surface area contributed by atoms with Crippen LogP contribution in [0.25, 0.3) is 0 Å². The molecule has 1 aliphatic carbocycles. The highest BCUT2D eigenvalue weighted by molar-refractivity contribution is 9.09. The molecule has 1 unspecified atom stereocenters. The number of nitrogens with zero attached hydrogens (tertiary/aromatic N) is 1. The summed E-state index contributed by atoms with van der Waals surface area (Å²) < 4.78 is 25.3. The maximum Gasteiger partial charge on any atom is 0.411 e. The summed E-state index contributed by atoms with van der Waals surface area (Å²) >= 11 is 3.69. The molecule has 1 aromatic carbocycles. The molecule has 8 heteroatoms. The van der Waals surface area contributed by atoms with Crippen LogP contribution in [0.1, 0.15) is 63.3 Å². The van der Waals surface area contributed by atoms with E-state index in [4.69, 9.17) is 9.47 Å². The minimum absolute atomic E-state index is 0.104. The predicted molar refractivity (Wildman–Crippen MR) is 121 cm³/mol. The van der Waals surface area contributed by atoms with E-state index in [1.807, 2.05) is 0 Å². The van der Waals surface area contributed by atoms with Gasteiger partial charge in [0.25, 0.3) is 0 Å². The number of nitrogens with one attached hydrogen (secondary N) is 1. The maximum absolute atomic E-state index is 14.5. The SMILES string of the molecule is CO[C@@H]1C[C@H](C(=O)Nc2cc(C(Br)CCC3CC3)ccc2F)N(C(=O)OC(C)(C)C)C1. The molecular formula is C23H32BrFN2O4. The lowest BCUT2D eigenvalue weighted by Gasteiger charge is -2.28. The molecule has 0 radical (unpaired) electrons. The van der Waals surface area contributed by atoms with Crippen molar-refractivity contribution in [2.75, 3.05) is 19.0 Å². The number of likely N-dealkylation sites (tertiary alicyclic amines) is 1. The average molecular weight is 499 g/mol. The molecule has 31 heavy (non-hydrogen) atoms. The van der Waals surface area contributed by atoms with E-state index >= 15 is 0 Å². The third-order valence-corrected chi connectivity index (χ3v) is 6.65. The molecule has 0 bridgehead atoms. The Bertz CT molecular complexity index is 809. The Labute approximate surface area is 192 Å². The van der Waals surface area contributed by atoms with Crippen LogP contribution in [0, 0.1) is 11.7 Å². The summed E-state index contributed by atoms with van der Waals surface area (Å²) in [5.74, 6) is -0.149. The average Bonchev–Trinajstić information content (AvgIpc) is 3.42. The Morgan fingerprint density at radius 3 is 2.65 bits per heavy atom. The number of ether oxygens (including phenoxy) is 2. The van der Waals surface area contributed by atoms with Crippen molar-refractivity contribution in [3.8, 4) is 0 Å². The number of carbonyl (C=O) groups excluding carboxylic acids is 2. The van der Waals surface area contributed by atoms with Crippen LogP contribution >= 0.6 is 15.9 Å². The van der Waals surface area contributed by atoms with Crippen LogP contribution in [0.4, 0.5) is 14.9 Å². The van der Waals surface area contributed by atoms with Gasteiger partial charge in [-0.2, -0.15) is 0 Å². The standard InChI is InChI=1S/C23H32BrFN2O4/c1-23(2,3)31-22(29)27-13-16(30-4)12-20(27)21(28)26-19-11-15(8-10-18(19)25)17(24)9-7-14-5-6-14/h8,10-11,14,16-17,20H,5-7,9,12-13H2,1-4H3,(H,26,28)/t16-,17?,20-/m1/s1. The first-order chi connectivity index (χ1) is 14.6. The molecule has 1 saturated carbocycles. The molecule has 1 saturated heterocycles. The van der Waals surface area contributed by atoms with Crippen molar-refractivity contribution in [2.24, 2.45) is 5.92 Å². The molecule has 2 fully saturated rings. The van der Waals surface area contributed by atoms with E-state index in [9.17, 15) is 14.0 Å². The number of hydrogen-bond acceptors (Lipinski definition) is 4. The molecule has 3 rings (SSSR count). The number of benzene rings is 1. The van der Waals surface area contributed by atoms with E-state index in [2.05, 4.69) is 21.2 Å². The largest absolute Gasteiger partial charge is 0.444 e. The van der Waals surface area contributed by atoms with Gasteiger partial charge in [-0.05, 0) is 57.2 Å². The lowest BCUT2D eigenvalue weighted by Crippen LogP contribution is -2.45. The van der Waals surface area contributed by atoms with Gasteiger partial charge < -0.3 is 14.8 Å². The summed E-state index contributed by atoms with van der Waals surface area (Å²) in [6, 6.07) is 3.98. The van der Waals surface area contributed by atoms with E-state index < -0.39 is 29.5 Å². The van der Waals surface area contributed by atoms with Gasteiger partial charge in [0, 0.05) is 18.4 Å². The molecule has 2 aliphatic rings. The number of rotatable bonds is 7. The molecule has 1 heterocycles. The van der Waals surface area contributed by atoms with Crippen molar-refractivity contribution in [1.82, 2.24) is 4.90 Å². The Morgan fingerprint density at radius 1 is 1.32 bits per heavy atom. The zero-order chi connectivity index (χ0) is 22.8. The van der Waals surface area contributed by atoms with Crippen LogP contribution in [0.3, 0.4) is 0 Å². The third-order valence-electron chi connectivity index (χ3n) is 5.66. The fraction of sp³-hybridized carbons (Fsp3) is 0.652. The van der Waals surface area contributed by atoms with Crippen molar-refractivity contribution in [3.05, 3.63) is 29.6 Å². The Kier molecular flexibility index (Phi) is 7.63. The zero-order valence-corrected chi connectivity index (χ0v) is 20.2. The Balaban J connectivity index is 1.70. The highest BCUT2D eigenvalue weighted by Gasteiger charge is 2.42. The Hall–Kier alpha value is -1.67. The van der Waals surface area contributed by atoms with Crippen LogP contribution in [0.2, 0.25) is 0 Å². The van der Waals surface area contributed by atoms with E-state index in [1.165, 1.54) is 23.8 Å². The second kappa shape index (κ2) is 9.86. The molecule has 2 amide bonds. The van der Waals surface area contributed by atoms with E-state index in [0.717, 1.165) is 24.3 Å². The lowest BCUT2D eigenvalue weighted by atomic mass is 10.1. The van der Waals surface area contributed by atoms with Crippen molar-refractivity contribution in [1.29, 1.82) is 0 Å². The van der Waals surface area contributed by atoms with Gasteiger partial charge in [0.15, 0.2) is 0 Å². The fourth-order valence-corrected chi connectivity index (χ4v) is 4.29. The number of methoxy groups -OCH3 is 1. The maximum atomic E-state index is 14.5. The van der Waals surface area contributed by atoms with Crippen LogP contribution < -0.4 is 5.32 Å². The lowest BCUT2D eigenvalue weighted by molar-refractivity contribution is -0.120. The minimum Gasteiger partial charge on any atom is -0.444 e. The highest BCUT2D eigenvalue weighted by Crippen LogP contribution is 2.39. The van der Waals surface area contributed by atoms with E-state index in [0.29, 0.717) is 6.42 Å². The summed E-state index contributed by atoms with van der Waals surface area (Å²) in [5.41, 5.74) is 0.348. The quantitative estimate of drug-likeness (QED) is 0.510. The summed E-state index contributed by atoms with van der Waals surface area (Å²) in [7, 11) is 1.54. The number of halogens is 2. The van der Waals surface area contributed by atoms with Gasteiger partial charge in [-0.25, -0.2) is 9.18 Å². The second-order valence-electron chi connectivity index (χ2n) is 9.46. The molecule has 0 spiro atoms. The molecule has 1 aromatic rings. The molecule has 1 aliphatic heterocycles. The minimum atomic E-state index is -0.794. The monoisotopic (exact) mass is 498 g/mol. The summed E-state index contributed by atoms with van der Waals surface area (Å²) in [6.07, 6.45) is 4.15. The molecule has 172 valence electrons. The van der Waals surface area contributed by atoms with Crippen molar-refractivity contribution in [2.45, 2.75) is 75.4 Å². The fourth-order valence-electron chi connectivity index (χ4n) is 3.74. The van der Waals surface area contributed by atoms with Gasteiger partial charge in [-0.15, -0.1) is 0 Å². The normalized spacial score (nSPS) is 22.3. The van der Waals surface area contributed by atoms with Gasteiger partial charge in [0.05, 0.1) is 18.3 Å². The topological polar surface area (TPSA) is 67.9 Å². The van der Waals surface area contributed by atoms with Gasteiger partial charge in [0.1, 0.15) is 17.5 Å². The van der Waals surface area contributed by atoms with Crippen molar-refractivity contribution >= 4 is 33.6 Å². The number of hydrogen-bond donors (Lipinski definition) is 1. The van der Waals surface area contributed by atoms with Crippen molar-refractivity contribution < 1.29 is 23.5 Å². The first kappa shape index (κ1) is 24.0. The summed E-state index contributed by atoms with van der Waals surface area (Å²) in [5, 5.41) is 2.68. The summed E-state index contributed by atoms with van der Waals surface area (Å²) in [6.45, 7) is 5.55. The molecule has 0 aromatic heterocycles. The van der Waals surface area contributed by atoms with Gasteiger partial charge in [-0.1, -0.05) is 34.8 Å².